The Morgan fingerprint density at radius 1 is 1.13 bits per heavy atom. The van der Waals surface area contributed by atoms with Crippen molar-refractivity contribution in [2.45, 2.75) is 33.1 Å². The average Bonchev–Trinajstić information content (AvgIpc) is 2.96. The molecule has 118 valence electrons. The summed E-state index contributed by atoms with van der Waals surface area (Å²) in [6.07, 6.45) is 3.45. The zero-order chi connectivity index (χ0) is 16.4. The van der Waals surface area contributed by atoms with E-state index >= 15 is 0 Å². The molecular weight excluding hydrogens is 288 g/mol. The van der Waals surface area contributed by atoms with Crippen LogP contribution in [0.5, 0.6) is 0 Å². The van der Waals surface area contributed by atoms with E-state index in [9.17, 15) is 9.90 Å². The van der Waals surface area contributed by atoms with Gasteiger partial charge >= 0.3 is 5.97 Å². The topological polar surface area (TPSA) is 50.4 Å². The van der Waals surface area contributed by atoms with Gasteiger partial charge in [-0.05, 0) is 49.1 Å². The fraction of sp³-hybridized carbons (Fsp3) is 0.250. The van der Waals surface area contributed by atoms with Gasteiger partial charge in [0, 0.05) is 10.9 Å². The summed E-state index contributed by atoms with van der Waals surface area (Å²) in [5.74, 6) is -0.226. The minimum atomic E-state index is -0.930. The fourth-order valence-electron chi connectivity index (χ4n) is 2.81. The van der Waals surface area contributed by atoms with E-state index in [0.29, 0.717) is 16.7 Å². The normalized spacial score (nSPS) is 11.0. The van der Waals surface area contributed by atoms with Gasteiger partial charge in [0.2, 0.25) is 0 Å². The van der Waals surface area contributed by atoms with E-state index in [0.717, 1.165) is 17.5 Å². The number of hydrogen-bond donors (Lipinski definition) is 1. The number of aromatic carboxylic acids is 1. The Morgan fingerprint density at radius 3 is 2.52 bits per heavy atom. The SMILES string of the molecule is CCCCc1ccc(-c2cc3c(C(=O)O)cc(C)cc3o2)cc1. The molecule has 1 heterocycles. The van der Waals surface area contributed by atoms with Crippen molar-refractivity contribution in [3.05, 3.63) is 59.2 Å². The molecule has 0 radical (unpaired) electrons. The summed E-state index contributed by atoms with van der Waals surface area (Å²) in [6.45, 7) is 4.06. The lowest BCUT2D eigenvalue weighted by molar-refractivity contribution is 0.0699. The Balaban J connectivity index is 2.00. The first kappa shape index (κ1) is 15.3. The summed E-state index contributed by atoms with van der Waals surface area (Å²) in [6, 6.07) is 13.7. The third kappa shape index (κ3) is 3.14. The van der Waals surface area contributed by atoms with E-state index in [4.69, 9.17) is 4.42 Å². The van der Waals surface area contributed by atoms with Crippen molar-refractivity contribution in [3.63, 3.8) is 0 Å². The molecule has 0 fully saturated rings. The van der Waals surface area contributed by atoms with Crippen LogP contribution < -0.4 is 0 Å². The number of unbranched alkanes of at least 4 members (excludes halogenated alkanes) is 1. The Bertz CT molecular complexity index is 841. The Kier molecular flexibility index (Phi) is 4.20. The van der Waals surface area contributed by atoms with Gasteiger partial charge in [0.1, 0.15) is 11.3 Å². The van der Waals surface area contributed by atoms with Gasteiger partial charge in [0.15, 0.2) is 0 Å². The first-order chi connectivity index (χ1) is 11.1. The number of benzene rings is 2. The van der Waals surface area contributed by atoms with E-state index < -0.39 is 5.97 Å². The zero-order valence-corrected chi connectivity index (χ0v) is 13.4. The van der Waals surface area contributed by atoms with Crippen LogP contribution in [-0.4, -0.2) is 11.1 Å². The number of aryl methyl sites for hydroxylation is 2. The predicted molar refractivity (Wildman–Crippen MR) is 92.0 cm³/mol. The number of rotatable bonds is 5. The highest BCUT2D eigenvalue weighted by molar-refractivity contribution is 6.03. The van der Waals surface area contributed by atoms with Crippen LogP contribution in [0.15, 0.2) is 46.9 Å². The minimum Gasteiger partial charge on any atom is -0.478 e. The lowest BCUT2D eigenvalue weighted by atomic mass is 10.0. The van der Waals surface area contributed by atoms with Crippen molar-refractivity contribution in [1.29, 1.82) is 0 Å². The number of carboxylic acids is 1. The summed E-state index contributed by atoms with van der Waals surface area (Å²) < 4.78 is 5.88. The molecule has 0 bridgehead atoms. The molecule has 0 amide bonds. The summed E-state index contributed by atoms with van der Waals surface area (Å²) in [5.41, 5.74) is 4.07. The van der Waals surface area contributed by atoms with Crippen LogP contribution in [0, 0.1) is 6.92 Å². The monoisotopic (exact) mass is 308 g/mol. The number of furan rings is 1. The van der Waals surface area contributed by atoms with E-state index in [-0.39, 0.29) is 5.56 Å². The highest BCUT2D eigenvalue weighted by atomic mass is 16.4. The first-order valence-electron chi connectivity index (χ1n) is 7.95. The lowest BCUT2D eigenvalue weighted by Gasteiger charge is -2.01. The lowest BCUT2D eigenvalue weighted by Crippen LogP contribution is -1.96. The molecule has 0 unspecified atom stereocenters. The molecule has 3 aromatic rings. The van der Waals surface area contributed by atoms with E-state index in [1.165, 1.54) is 18.4 Å². The van der Waals surface area contributed by atoms with Gasteiger partial charge in [-0.3, -0.25) is 0 Å². The molecule has 1 aromatic heterocycles. The maximum atomic E-state index is 11.4. The van der Waals surface area contributed by atoms with Crippen LogP contribution in [0.2, 0.25) is 0 Å². The van der Waals surface area contributed by atoms with E-state index in [1.54, 1.807) is 6.07 Å². The summed E-state index contributed by atoms with van der Waals surface area (Å²) in [7, 11) is 0. The number of fused-ring (bicyclic) bond motifs is 1. The van der Waals surface area contributed by atoms with Crippen molar-refractivity contribution in [2.24, 2.45) is 0 Å². The average molecular weight is 308 g/mol. The zero-order valence-electron chi connectivity index (χ0n) is 13.4. The van der Waals surface area contributed by atoms with E-state index in [1.807, 2.05) is 31.2 Å². The molecule has 23 heavy (non-hydrogen) atoms. The smallest absolute Gasteiger partial charge is 0.336 e. The van der Waals surface area contributed by atoms with Gasteiger partial charge in [0.05, 0.1) is 5.56 Å². The molecule has 3 heteroatoms. The van der Waals surface area contributed by atoms with Crippen LogP contribution in [0.1, 0.15) is 41.3 Å². The van der Waals surface area contributed by atoms with Crippen molar-refractivity contribution in [2.75, 3.05) is 0 Å². The highest BCUT2D eigenvalue weighted by Crippen LogP contribution is 2.31. The maximum Gasteiger partial charge on any atom is 0.336 e. The highest BCUT2D eigenvalue weighted by Gasteiger charge is 2.14. The van der Waals surface area contributed by atoms with Crippen LogP contribution in [0.3, 0.4) is 0 Å². The molecule has 0 aliphatic carbocycles. The minimum absolute atomic E-state index is 0.287. The van der Waals surface area contributed by atoms with Gasteiger partial charge in [-0.2, -0.15) is 0 Å². The van der Waals surface area contributed by atoms with Crippen molar-refractivity contribution < 1.29 is 14.3 Å². The van der Waals surface area contributed by atoms with Crippen molar-refractivity contribution >= 4 is 16.9 Å². The molecule has 0 aliphatic heterocycles. The largest absolute Gasteiger partial charge is 0.478 e. The number of carboxylic acid groups (broad SMARTS) is 1. The predicted octanol–water partition coefficient (Wildman–Crippen LogP) is 5.45. The molecule has 0 aliphatic rings. The summed E-state index contributed by atoms with van der Waals surface area (Å²) >= 11 is 0. The van der Waals surface area contributed by atoms with Crippen molar-refractivity contribution in [1.82, 2.24) is 0 Å². The van der Waals surface area contributed by atoms with Gasteiger partial charge in [0.25, 0.3) is 0 Å². The number of hydrogen-bond acceptors (Lipinski definition) is 2. The molecule has 1 N–H and O–H groups in total. The third-order valence-electron chi connectivity index (χ3n) is 4.07. The Morgan fingerprint density at radius 2 is 1.87 bits per heavy atom. The summed E-state index contributed by atoms with van der Waals surface area (Å²) in [5, 5.41) is 10.0. The molecule has 0 saturated heterocycles. The molecule has 3 rings (SSSR count). The molecule has 2 aromatic carbocycles. The van der Waals surface area contributed by atoms with Crippen LogP contribution in [-0.2, 0) is 6.42 Å². The molecule has 0 atom stereocenters. The molecule has 0 saturated carbocycles. The fourth-order valence-corrected chi connectivity index (χ4v) is 2.81. The van der Waals surface area contributed by atoms with Crippen molar-refractivity contribution in [3.8, 4) is 11.3 Å². The first-order valence-corrected chi connectivity index (χ1v) is 7.95. The Hall–Kier alpha value is -2.55. The van der Waals surface area contributed by atoms with Crippen LogP contribution in [0.25, 0.3) is 22.3 Å². The van der Waals surface area contributed by atoms with Gasteiger partial charge < -0.3 is 9.52 Å². The molecular formula is C20H20O3. The molecule has 3 nitrogen and oxygen atoms in total. The quantitative estimate of drug-likeness (QED) is 0.682. The van der Waals surface area contributed by atoms with Gasteiger partial charge in [-0.1, -0.05) is 37.6 Å². The van der Waals surface area contributed by atoms with Crippen LogP contribution >= 0.6 is 0 Å². The standard InChI is InChI=1S/C20H20O3/c1-3-4-5-14-6-8-15(9-7-14)18-12-16-17(20(21)22)10-13(2)11-19(16)23-18/h6-12H,3-5H2,1-2H3,(H,21,22). The summed E-state index contributed by atoms with van der Waals surface area (Å²) in [4.78, 5) is 11.4. The second-order valence-corrected chi connectivity index (χ2v) is 5.94. The third-order valence-corrected chi connectivity index (χ3v) is 4.07. The van der Waals surface area contributed by atoms with Gasteiger partial charge in [-0.25, -0.2) is 4.79 Å². The van der Waals surface area contributed by atoms with Gasteiger partial charge in [-0.15, -0.1) is 0 Å². The van der Waals surface area contributed by atoms with Crippen LogP contribution in [0.4, 0.5) is 0 Å². The second kappa shape index (κ2) is 6.29. The van der Waals surface area contributed by atoms with E-state index in [2.05, 4.69) is 19.1 Å². The number of carbonyl (C=O) groups is 1. The second-order valence-electron chi connectivity index (χ2n) is 5.94. The Labute approximate surface area is 135 Å². The molecule has 0 spiro atoms. The maximum absolute atomic E-state index is 11.4.